The van der Waals surface area contributed by atoms with E-state index in [1.807, 2.05) is 0 Å². The molecule has 2 aromatic carbocycles. The lowest BCUT2D eigenvalue weighted by atomic mass is 10.1. The summed E-state index contributed by atoms with van der Waals surface area (Å²) in [6, 6.07) is 17.3. The smallest absolute Gasteiger partial charge is 0.0386 e. The van der Waals surface area contributed by atoms with E-state index in [0.717, 1.165) is 39.3 Å². The van der Waals surface area contributed by atoms with Gasteiger partial charge in [-0.05, 0) is 37.4 Å². The van der Waals surface area contributed by atoms with Gasteiger partial charge in [-0.3, -0.25) is 0 Å². The second-order valence-electron chi connectivity index (χ2n) is 6.64. The van der Waals surface area contributed by atoms with E-state index < -0.39 is 0 Å². The Morgan fingerprint density at radius 3 is 1.54 bits per heavy atom. The van der Waals surface area contributed by atoms with Crippen LogP contribution in [-0.4, -0.2) is 50.1 Å². The number of nitrogens with one attached hydrogen (secondary N) is 2. The van der Waals surface area contributed by atoms with E-state index in [1.165, 1.54) is 22.5 Å². The first-order chi connectivity index (χ1) is 11.7. The van der Waals surface area contributed by atoms with Crippen molar-refractivity contribution in [1.29, 1.82) is 0 Å². The molecule has 0 unspecified atom stereocenters. The maximum atomic E-state index is 3.61. The number of hydrogen-bond donors (Lipinski definition) is 2. The van der Waals surface area contributed by atoms with Crippen molar-refractivity contribution in [3.63, 3.8) is 0 Å². The van der Waals surface area contributed by atoms with Crippen LogP contribution in [0.15, 0.2) is 48.5 Å². The van der Waals surface area contributed by atoms with E-state index in [2.05, 4.69) is 83.1 Å². The van der Waals surface area contributed by atoms with E-state index in [1.54, 1.807) is 0 Å². The van der Waals surface area contributed by atoms with E-state index in [0.29, 0.717) is 0 Å². The van der Waals surface area contributed by atoms with Gasteiger partial charge in [-0.25, -0.2) is 0 Å². The maximum Gasteiger partial charge on any atom is 0.0386 e. The molecule has 2 N–H and O–H groups in total. The Morgan fingerprint density at radius 2 is 1.08 bits per heavy atom. The predicted octanol–water partition coefficient (Wildman–Crippen LogP) is 3.09. The second kappa shape index (κ2) is 8.18. The van der Waals surface area contributed by atoms with Crippen molar-refractivity contribution in [3.8, 4) is 0 Å². The molecule has 0 radical (unpaired) electrons. The van der Waals surface area contributed by atoms with Gasteiger partial charge in [-0.1, -0.05) is 36.4 Å². The third kappa shape index (κ3) is 4.49. The molecule has 1 heterocycles. The van der Waals surface area contributed by atoms with Crippen LogP contribution in [0.25, 0.3) is 0 Å². The molecule has 128 valence electrons. The average molecular weight is 324 g/mol. The van der Waals surface area contributed by atoms with Crippen molar-refractivity contribution >= 4 is 11.4 Å². The van der Waals surface area contributed by atoms with Gasteiger partial charge in [0.1, 0.15) is 0 Å². The minimum atomic E-state index is 0.951. The number of hydrogen-bond acceptors (Lipinski definition) is 4. The minimum absolute atomic E-state index is 0.951. The summed E-state index contributed by atoms with van der Waals surface area (Å²) < 4.78 is 0. The monoisotopic (exact) mass is 324 g/mol. The van der Waals surface area contributed by atoms with Gasteiger partial charge < -0.3 is 20.4 Å². The molecule has 0 aliphatic carbocycles. The van der Waals surface area contributed by atoms with Crippen LogP contribution in [-0.2, 0) is 13.1 Å². The molecule has 0 saturated carbocycles. The zero-order chi connectivity index (χ0) is 16.8. The number of rotatable bonds is 0. The lowest BCUT2D eigenvalue weighted by Crippen LogP contribution is -2.28. The molecule has 3 rings (SSSR count). The standard InChI is InChI=1S/C20H28N4/c1-23-13-11-21-20-10-6-4-8-18(20)16-24(2)14-12-22-19-9-5-3-7-17(19)15-23/h3-10,21-22H,11-16H2,1-2H3. The van der Waals surface area contributed by atoms with Gasteiger partial charge in [0.25, 0.3) is 0 Å². The van der Waals surface area contributed by atoms with Crippen LogP contribution in [0, 0.1) is 0 Å². The first-order valence-corrected chi connectivity index (χ1v) is 8.73. The summed E-state index contributed by atoms with van der Waals surface area (Å²) in [6.07, 6.45) is 0. The average Bonchev–Trinajstić information content (AvgIpc) is 2.57. The number of nitrogens with zero attached hydrogens (tertiary/aromatic N) is 2. The molecule has 0 atom stereocenters. The highest BCUT2D eigenvalue weighted by molar-refractivity contribution is 5.52. The predicted molar refractivity (Wildman–Crippen MR) is 103 cm³/mol. The number of fused-ring (bicyclic) bond motifs is 2. The van der Waals surface area contributed by atoms with Crippen LogP contribution >= 0.6 is 0 Å². The molecular weight excluding hydrogens is 296 g/mol. The van der Waals surface area contributed by atoms with Crippen molar-refractivity contribution < 1.29 is 0 Å². The fraction of sp³-hybridized carbons (Fsp3) is 0.400. The van der Waals surface area contributed by atoms with Gasteiger partial charge in [-0.15, -0.1) is 0 Å². The van der Waals surface area contributed by atoms with Crippen molar-refractivity contribution in [2.24, 2.45) is 0 Å². The van der Waals surface area contributed by atoms with Crippen molar-refractivity contribution in [2.75, 3.05) is 50.9 Å². The first-order valence-electron chi connectivity index (χ1n) is 8.73. The summed E-state index contributed by atoms with van der Waals surface area (Å²) in [6.45, 7) is 5.85. The molecule has 0 spiro atoms. The summed E-state index contributed by atoms with van der Waals surface area (Å²) in [4.78, 5) is 4.74. The Bertz CT molecular complexity index is 598. The molecule has 2 aromatic rings. The van der Waals surface area contributed by atoms with Gasteiger partial charge in [0, 0.05) is 50.6 Å². The van der Waals surface area contributed by atoms with Gasteiger partial charge in [-0.2, -0.15) is 0 Å². The van der Waals surface area contributed by atoms with E-state index in [-0.39, 0.29) is 0 Å². The molecule has 0 bridgehead atoms. The van der Waals surface area contributed by atoms with Crippen molar-refractivity contribution in [1.82, 2.24) is 9.80 Å². The minimum Gasteiger partial charge on any atom is -0.383 e. The Labute approximate surface area is 145 Å². The highest BCUT2D eigenvalue weighted by atomic mass is 15.1. The van der Waals surface area contributed by atoms with Crippen LogP contribution in [0.5, 0.6) is 0 Å². The van der Waals surface area contributed by atoms with Gasteiger partial charge >= 0.3 is 0 Å². The molecular formula is C20H28N4. The summed E-state index contributed by atoms with van der Waals surface area (Å²) in [5.74, 6) is 0. The summed E-state index contributed by atoms with van der Waals surface area (Å²) in [7, 11) is 4.37. The Balaban J connectivity index is 1.77. The van der Waals surface area contributed by atoms with Crippen molar-refractivity contribution in [2.45, 2.75) is 13.1 Å². The van der Waals surface area contributed by atoms with Crippen LogP contribution in [0.4, 0.5) is 11.4 Å². The van der Waals surface area contributed by atoms with Crippen LogP contribution < -0.4 is 10.6 Å². The van der Waals surface area contributed by atoms with E-state index >= 15 is 0 Å². The number of anilines is 2. The lowest BCUT2D eigenvalue weighted by molar-refractivity contribution is 0.335. The molecule has 0 fully saturated rings. The lowest BCUT2D eigenvalue weighted by Gasteiger charge is -2.24. The SMILES string of the molecule is CN1CCNc2ccccc2CN(C)CCNc2ccccc2C1. The van der Waals surface area contributed by atoms with Crippen LogP contribution in [0.2, 0.25) is 0 Å². The molecule has 4 heteroatoms. The first kappa shape index (κ1) is 16.8. The van der Waals surface area contributed by atoms with E-state index in [4.69, 9.17) is 0 Å². The fourth-order valence-corrected chi connectivity index (χ4v) is 3.16. The second-order valence-corrected chi connectivity index (χ2v) is 6.64. The maximum absolute atomic E-state index is 3.61. The topological polar surface area (TPSA) is 30.5 Å². The van der Waals surface area contributed by atoms with Crippen LogP contribution in [0.1, 0.15) is 11.1 Å². The van der Waals surface area contributed by atoms with Gasteiger partial charge in [0.2, 0.25) is 0 Å². The van der Waals surface area contributed by atoms with Gasteiger partial charge in [0.05, 0.1) is 0 Å². The number of benzene rings is 2. The molecule has 0 aromatic heterocycles. The zero-order valence-corrected chi connectivity index (χ0v) is 14.8. The molecule has 1 aliphatic rings. The third-order valence-corrected chi connectivity index (χ3v) is 4.53. The molecule has 0 amide bonds. The molecule has 0 saturated heterocycles. The Kier molecular flexibility index (Phi) is 5.72. The fourth-order valence-electron chi connectivity index (χ4n) is 3.16. The van der Waals surface area contributed by atoms with Crippen LogP contribution in [0.3, 0.4) is 0 Å². The normalized spacial score (nSPS) is 17.8. The highest BCUT2D eigenvalue weighted by Gasteiger charge is 2.09. The highest BCUT2D eigenvalue weighted by Crippen LogP contribution is 2.19. The number of para-hydroxylation sites is 2. The van der Waals surface area contributed by atoms with E-state index in [9.17, 15) is 0 Å². The number of likely N-dealkylation sites (N-methyl/N-ethyl adjacent to an activating group) is 2. The zero-order valence-electron chi connectivity index (χ0n) is 14.8. The van der Waals surface area contributed by atoms with Gasteiger partial charge in [0.15, 0.2) is 0 Å². The Morgan fingerprint density at radius 1 is 0.667 bits per heavy atom. The summed E-state index contributed by atoms with van der Waals surface area (Å²) >= 11 is 0. The molecule has 24 heavy (non-hydrogen) atoms. The molecule has 4 nitrogen and oxygen atoms in total. The summed E-state index contributed by atoms with van der Waals surface area (Å²) in [5.41, 5.74) is 5.23. The molecule has 1 aliphatic heterocycles. The largest absolute Gasteiger partial charge is 0.383 e. The van der Waals surface area contributed by atoms with Crippen molar-refractivity contribution in [3.05, 3.63) is 59.7 Å². The Hall–Kier alpha value is -2.04. The quantitative estimate of drug-likeness (QED) is 0.780. The third-order valence-electron chi connectivity index (χ3n) is 4.53. The summed E-state index contributed by atoms with van der Waals surface area (Å²) in [5, 5.41) is 7.22.